The molecule has 1 N–H and O–H groups in total. The molecule has 0 radical (unpaired) electrons. The predicted octanol–water partition coefficient (Wildman–Crippen LogP) is 2.49. The average molecular weight is 320 g/mol. The molecule has 7 heteroatoms. The van der Waals surface area contributed by atoms with Gasteiger partial charge >= 0.3 is 0 Å². The summed E-state index contributed by atoms with van der Waals surface area (Å²) in [7, 11) is 3.09. The molecule has 0 fully saturated rings. The van der Waals surface area contributed by atoms with E-state index in [1.165, 1.54) is 11.3 Å². The molecule has 3 rings (SSSR count). The Balaban J connectivity index is 1.80. The monoisotopic (exact) mass is 320 g/mol. The number of anilines is 1. The van der Waals surface area contributed by atoms with Gasteiger partial charge in [-0.15, -0.1) is 0 Å². The van der Waals surface area contributed by atoms with Crippen molar-refractivity contribution in [2.75, 3.05) is 26.1 Å². The van der Waals surface area contributed by atoms with E-state index < -0.39 is 0 Å². The Morgan fingerprint density at radius 2 is 2.00 bits per heavy atom. The Kier molecular flexibility index (Phi) is 4.26. The van der Waals surface area contributed by atoms with Crippen LogP contribution in [-0.2, 0) is 17.8 Å². The lowest BCUT2D eigenvalue weighted by molar-refractivity contribution is 0.102. The fourth-order valence-electron chi connectivity index (χ4n) is 2.19. The Morgan fingerprint density at radius 3 is 2.64 bits per heavy atom. The molecule has 22 heavy (non-hydrogen) atoms. The number of amides is 1. The third-order valence-electron chi connectivity index (χ3n) is 3.33. The molecular formula is C15H16N2O4S. The number of hydrogen-bond acceptors (Lipinski definition) is 6. The van der Waals surface area contributed by atoms with Crippen LogP contribution < -0.4 is 14.8 Å². The van der Waals surface area contributed by atoms with Crippen molar-refractivity contribution >= 4 is 22.4 Å². The number of methoxy groups -OCH3 is 2. The second-order valence-electron chi connectivity index (χ2n) is 4.75. The molecule has 1 aliphatic heterocycles. The van der Waals surface area contributed by atoms with Gasteiger partial charge in [0.05, 0.1) is 38.0 Å². The van der Waals surface area contributed by atoms with E-state index in [2.05, 4.69) is 10.3 Å². The van der Waals surface area contributed by atoms with Gasteiger partial charge in [-0.3, -0.25) is 10.1 Å². The maximum atomic E-state index is 12.4. The van der Waals surface area contributed by atoms with Gasteiger partial charge in [0.15, 0.2) is 5.13 Å². The van der Waals surface area contributed by atoms with E-state index in [4.69, 9.17) is 14.2 Å². The van der Waals surface area contributed by atoms with Crippen LogP contribution in [0.5, 0.6) is 11.5 Å². The first-order chi connectivity index (χ1) is 10.7. The lowest BCUT2D eigenvalue weighted by atomic mass is 10.2. The quantitative estimate of drug-likeness (QED) is 0.937. The number of nitrogens with one attached hydrogen (secondary N) is 1. The van der Waals surface area contributed by atoms with E-state index in [9.17, 15) is 4.79 Å². The summed E-state index contributed by atoms with van der Waals surface area (Å²) in [4.78, 5) is 17.9. The van der Waals surface area contributed by atoms with E-state index in [0.717, 1.165) is 17.0 Å². The van der Waals surface area contributed by atoms with Crippen LogP contribution in [0.15, 0.2) is 18.2 Å². The number of nitrogens with zero attached hydrogens (tertiary/aromatic N) is 1. The molecule has 1 aromatic heterocycles. The Hall–Kier alpha value is -2.12. The largest absolute Gasteiger partial charge is 0.497 e. The normalized spacial score (nSPS) is 13.4. The minimum absolute atomic E-state index is 0.246. The third kappa shape index (κ3) is 3.05. The number of rotatable bonds is 4. The molecule has 0 spiro atoms. The maximum absolute atomic E-state index is 12.4. The summed E-state index contributed by atoms with van der Waals surface area (Å²) in [5.41, 5.74) is 1.47. The van der Waals surface area contributed by atoms with Crippen molar-refractivity contribution < 1.29 is 19.0 Å². The van der Waals surface area contributed by atoms with Gasteiger partial charge in [0, 0.05) is 18.1 Å². The van der Waals surface area contributed by atoms with Gasteiger partial charge in [0.1, 0.15) is 11.5 Å². The minimum Gasteiger partial charge on any atom is -0.497 e. The molecule has 0 unspecified atom stereocenters. The molecule has 0 aliphatic carbocycles. The first-order valence-corrected chi connectivity index (χ1v) is 7.62. The van der Waals surface area contributed by atoms with Gasteiger partial charge in [-0.05, 0) is 12.1 Å². The smallest absolute Gasteiger partial charge is 0.257 e. The number of benzene rings is 1. The molecule has 0 atom stereocenters. The number of fused-ring (bicyclic) bond motifs is 1. The summed E-state index contributed by atoms with van der Waals surface area (Å²) in [6.07, 6.45) is 0.786. The average Bonchev–Trinajstić information content (AvgIpc) is 2.96. The molecule has 1 aromatic carbocycles. The zero-order valence-electron chi connectivity index (χ0n) is 12.3. The van der Waals surface area contributed by atoms with Crippen LogP contribution in [-0.4, -0.2) is 31.7 Å². The van der Waals surface area contributed by atoms with Crippen molar-refractivity contribution in [2.24, 2.45) is 0 Å². The SMILES string of the molecule is COc1cc(OC)cc(C(=O)Nc2nc3c(s2)COCC3)c1. The molecule has 0 saturated heterocycles. The summed E-state index contributed by atoms with van der Waals surface area (Å²) < 4.78 is 15.7. The molecule has 116 valence electrons. The van der Waals surface area contributed by atoms with Crippen molar-refractivity contribution in [2.45, 2.75) is 13.0 Å². The van der Waals surface area contributed by atoms with Crippen LogP contribution in [0.3, 0.4) is 0 Å². The fourth-order valence-corrected chi connectivity index (χ4v) is 3.13. The van der Waals surface area contributed by atoms with E-state index in [1.807, 2.05) is 0 Å². The van der Waals surface area contributed by atoms with Crippen LogP contribution in [0.4, 0.5) is 5.13 Å². The molecule has 6 nitrogen and oxygen atoms in total. The number of carbonyl (C=O) groups is 1. The van der Waals surface area contributed by atoms with Crippen LogP contribution in [0, 0.1) is 0 Å². The highest BCUT2D eigenvalue weighted by Gasteiger charge is 2.18. The van der Waals surface area contributed by atoms with E-state index in [0.29, 0.717) is 35.4 Å². The van der Waals surface area contributed by atoms with Gasteiger partial charge in [0.25, 0.3) is 5.91 Å². The van der Waals surface area contributed by atoms with E-state index in [1.54, 1.807) is 32.4 Å². The van der Waals surface area contributed by atoms with Gasteiger partial charge < -0.3 is 14.2 Å². The van der Waals surface area contributed by atoms with Gasteiger partial charge in [-0.1, -0.05) is 11.3 Å². The first kappa shape index (κ1) is 14.8. The van der Waals surface area contributed by atoms with Crippen molar-refractivity contribution in [1.29, 1.82) is 0 Å². The highest BCUT2D eigenvalue weighted by Crippen LogP contribution is 2.28. The predicted molar refractivity (Wildman–Crippen MR) is 83.0 cm³/mol. The molecular weight excluding hydrogens is 304 g/mol. The standard InChI is InChI=1S/C15H16N2O4S/c1-19-10-5-9(6-11(7-10)20-2)14(18)17-15-16-12-3-4-21-8-13(12)22-15/h5-7H,3-4,8H2,1-2H3,(H,16,17,18). The summed E-state index contributed by atoms with van der Waals surface area (Å²) in [6.45, 7) is 1.24. The van der Waals surface area contributed by atoms with Gasteiger partial charge in [-0.2, -0.15) is 0 Å². The molecule has 1 amide bonds. The van der Waals surface area contributed by atoms with Crippen LogP contribution in [0.25, 0.3) is 0 Å². The van der Waals surface area contributed by atoms with Crippen LogP contribution in [0.2, 0.25) is 0 Å². The second kappa shape index (κ2) is 6.33. The highest BCUT2D eigenvalue weighted by molar-refractivity contribution is 7.15. The topological polar surface area (TPSA) is 69.7 Å². The van der Waals surface area contributed by atoms with Crippen LogP contribution >= 0.6 is 11.3 Å². The Labute approximate surface area is 132 Å². The summed E-state index contributed by atoms with van der Waals surface area (Å²) in [6, 6.07) is 5.04. The number of aromatic nitrogens is 1. The molecule has 0 bridgehead atoms. The third-order valence-corrected chi connectivity index (χ3v) is 4.32. The van der Waals surface area contributed by atoms with E-state index in [-0.39, 0.29) is 5.91 Å². The lowest BCUT2D eigenvalue weighted by Gasteiger charge is -2.08. The maximum Gasteiger partial charge on any atom is 0.257 e. The zero-order valence-corrected chi connectivity index (χ0v) is 13.2. The molecule has 1 aliphatic rings. The van der Waals surface area contributed by atoms with E-state index >= 15 is 0 Å². The summed E-state index contributed by atoms with van der Waals surface area (Å²) in [5.74, 6) is 0.886. The molecule has 2 aromatic rings. The highest BCUT2D eigenvalue weighted by atomic mass is 32.1. The summed E-state index contributed by atoms with van der Waals surface area (Å²) >= 11 is 1.45. The number of carbonyl (C=O) groups excluding carboxylic acids is 1. The van der Waals surface area contributed by atoms with Crippen molar-refractivity contribution in [3.63, 3.8) is 0 Å². The van der Waals surface area contributed by atoms with Gasteiger partial charge in [-0.25, -0.2) is 4.98 Å². The lowest BCUT2D eigenvalue weighted by Crippen LogP contribution is -2.12. The zero-order chi connectivity index (χ0) is 15.5. The Bertz CT molecular complexity index is 653. The minimum atomic E-state index is -0.246. The second-order valence-corrected chi connectivity index (χ2v) is 5.83. The van der Waals surface area contributed by atoms with Gasteiger partial charge in [0.2, 0.25) is 0 Å². The molecule has 2 heterocycles. The first-order valence-electron chi connectivity index (χ1n) is 6.80. The van der Waals surface area contributed by atoms with Crippen molar-refractivity contribution in [1.82, 2.24) is 4.98 Å². The molecule has 0 saturated carbocycles. The van der Waals surface area contributed by atoms with Crippen LogP contribution in [0.1, 0.15) is 20.9 Å². The number of thiazole rings is 1. The van der Waals surface area contributed by atoms with Crippen molar-refractivity contribution in [3.8, 4) is 11.5 Å². The summed E-state index contributed by atoms with van der Waals surface area (Å²) in [5, 5.41) is 3.41. The number of ether oxygens (including phenoxy) is 3. The van der Waals surface area contributed by atoms with Crippen molar-refractivity contribution in [3.05, 3.63) is 34.3 Å². The fraction of sp³-hybridized carbons (Fsp3) is 0.333. The Morgan fingerprint density at radius 1 is 1.27 bits per heavy atom. The number of hydrogen-bond donors (Lipinski definition) is 1.